The maximum Gasteiger partial charge on any atom is 0.257 e. The molecule has 1 aromatic rings. The molecule has 0 atom stereocenters. The predicted molar refractivity (Wildman–Crippen MR) is 81.0 cm³/mol. The van der Waals surface area contributed by atoms with Gasteiger partial charge in [0.2, 0.25) is 0 Å². The third kappa shape index (κ3) is 2.84. The Morgan fingerprint density at radius 3 is 2.53 bits per heavy atom. The van der Waals surface area contributed by atoms with Crippen molar-refractivity contribution in [2.45, 2.75) is 26.7 Å². The van der Waals surface area contributed by atoms with E-state index in [1.165, 1.54) is 28.5 Å². The lowest BCUT2D eigenvalue weighted by Crippen LogP contribution is -2.16. The van der Waals surface area contributed by atoms with Crippen LogP contribution >= 0.6 is 11.8 Å². The van der Waals surface area contributed by atoms with Gasteiger partial charge in [-0.05, 0) is 37.8 Å². The van der Waals surface area contributed by atoms with Gasteiger partial charge in [-0.3, -0.25) is 4.79 Å². The minimum Gasteiger partial charge on any atom is -0.401 e. The molecule has 0 unspecified atom stereocenters. The molecule has 0 radical (unpaired) electrons. The number of primary amides is 1. The molecule has 1 amide bonds. The topological polar surface area (TPSA) is 69.1 Å². The minimum atomic E-state index is -0.464. The molecule has 1 aromatic carbocycles. The highest BCUT2D eigenvalue weighted by Gasteiger charge is 2.20. The Kier molecular flexibility index (Phi) is 4.00. The van der Waals surface area contributed by atoms with E-state index in [4.69, 9.17) is 11.5 Å². The Hall–Kier alpha value is -1.68. The van der Waals surface area contributed by atoms with E-state index in [9.17, 15) is 4.79 Å². The number of thioether (sulfide) groups is 1. The average molecular weight is 274 g/mol. The number of carbonyl (C=O) groups is 1. The van der Waals surface area contributed by atoms with Crippen LogP contribution in [0.3, 0.4) is 0 Å². The molecule has 1 aliphatic carbocycles. The van der Waals surface area contributed by atoms with Crippen LogP contribution in [0.25, 0.3) is 4.91 Å². The number of nitrogens with two attached hydrogens (primary N) is 2. The molecule has 0 aromatic heterocycles. The summed E-state index contributed by atoms with van der Waals surface area (Å²) in [4.78, 5) is 13.0. The average Bonchev–Trinajstić information content (AvgIpc) is 2.36. The monoisotopic (exact) mass is 274 g/mol. The van der Waals surface area contributed by atoms with Gasteiger partial charge in [0.25, 0.3) is 5.91 Å². The van der Waals surface area contributed by atoms with Crippen molar-refractivity contribution >= 4 is 22.6 Å². The van der Waals surface area contributed by atoms with Gasteiger partial charge in [-0.1, -0.05) is 41.6 Å². The number of hydrogen-bond acceptors (Lipinski definition) is 3. The maximum atomic E-state index is 11.5. The lowest BCUT2D eigenvalue weighted by Gasteiger charge is -2.21. The second-order valence-electron chi connectivity index (χ2n) is 4.75. The van der Waals surface area contributed by atoms with Crippen LogP contribution in [0.15, 0.2) is 40.4 Å². The number of amides is 1. The molecule has 0 saturated heterocycles. The predicted octanol–water partition coefficient (Wildman–Crippen LogP) is 2.77. The fourth-order valence-corrected chi connectivity index (χ4v) is 3.25. The fraction of sp³-hybridized carbons (Fsp3) is 0.267. The van der Waals surface area contributed by atoms with E-state index in [-0.39, 0.29) is 0 Å². The molecule has 0 heterocycles. The molecule has 3 nitrogen and oxygen atoms in total. The number of carbonyl (C=O) groups excluding carboxylic acids is 1. The largest absolute Gasteiger partial charge is 0.401 e. The van der Waals surface area contributed by atoms with E-state index in [0.29, 0.717) is 10.6 Å². The molecule has 0 aliphatic heterocycles. The van der Waals surface area contributed by atoms with Gasteiger partial charge in [-0.25, -0.2) is 0 Å². The van der Waals surface area contributed by atoms with Gasteiger partial charge in [0, 0.05) is 10.6 Å². The Bertz CT molecular complexity index is 584. The first kappa shape index (κ1) is 13.7. The smallest absolute Gasteiger partial charge is 0.257 e. The van der Waals surface area contributed by atoms with Crippen molar-refractivity contribution in [3.05, 3.63) is 51.6 Å². The Labute approximate surface area is 117 Å². The molecule has 1 aliphatic rings. The SMILES string of the molecule is CC1=C(S/C(C(N)=O)=C(\C)N)c2ccccc2CC1. The van der Waals surface area contributed by atoms with Crippen molar-refractivity contribution in [3.63, 3.8) is 0 Å². The van der Waals surface area contributed by atoms with E-state index in [0.717, 1.165) is 17.7 Å². The van der Waals surface area contributed by atoms with Crippen LogP contribution in [0, 0.1) is 0 Å². The third-order valence-corrected chi connectivity index (χ3v) is 4.70. The zero-order valence-corrected chi connectivity index (χ0v) is 12.0. The van der Waals surface area contributed by atoms with E-state index in [1.807, 2.05) is 12.1 Å². The minimum absolute atomic E-state index is 0.436. The summed E-state index contributed by atoms with van der Waals surface area (Å²) in [5.41, 5.74) is 15.4. The lowest BCUT2D eigenvalue weighted by atomic mass is 9.93. The quantitative estimate of drug-likeness (QED) is 0.833. The molecule has 2 rings (SSSR count). The summed E-state index contributed by atoms with van der Waals surface area (Å²) in [6.45, 7) is 3.81. The van der Waals surface area contributed by atoms with Gasteiger partial charge < -0.3 is 11.5 Å². The lowest BCUT2D eigenvalue weighted by molar-refractivity contribution is -0.113. The second-order valence-corrected chi connectivity index (χ2v) is 5.77. The van der Waals surface area contributed by atoms with Gasteiger partial charge in [0.15, 0.2) is 0 Å². The van der Waals surface area contributed by atoms with E-state index in [1.54, 1.807) is 6.92 Å². The molecular weight excluding hydrogens is 256 g/mol. The Balaban J connectivity index is 2.44. The molecule has 0 fully saturated rings. The third-order valence-electron chi connectivity index (χ3n) is 3.21. The zero-order valence-electron chi connectivity index (χ0n) is 11.2. The molecular formula is C15H18N2OS. The van der Waals surface area contributed by atoms with Crippen LogP contribution in [0.4, 0.5) is 0 Å². The summed E-state index contributed by atoms with van der Waals surface area (Å²) in [5.74, 6) is -0.464. The van der Waals surface area contributed by atoms with Crippen molar-refractivity contribution in [1.29, 1.82) is 0 Å². The summed E-state index contributed by atoms with van der Waals surface area (Å²) < 4.78 is 0. The highest BCUT2D eigenvalue weighted by Crippen LogP contribution is 2.42. The first-order valence-electron chi connectivity index (χ1n) is 6.22. The van der Waals surface area contributed by atoms with Crippen molar-refractivity contribution < 1.29 is 4.79 Å². The number of aryl methyl sites for hydroxylation is 1. The number of rotatable bonds is 3. The molecule has 4 heteroatoms. The van der Waals surface area contributed by atoms with Crippen LogP contribution in [0.1, 0.15) is 31.4 Å². The molecule has 0 spiro atoms. The van der Waals surface area contributed by atoms with Crippen LogP contribution in [-0.4, -0.2) is 5.91 Å². The first-order valence-corrected chi connectivity index (χ1v) is 7.04. The summed E-state index contributed by atoms with van der Waals surface area (Å²) in [6.07, 6.45) is 2.05. The molecule has 100 valence electrons. The molecule has 19 heavy (non-hydrogen) atoms. The van der Waals surface area contributed by atoms with Gasteiger partial charge in [0.05, 0.1) is 4.91 Å². The highest BCUT2D eigenvalue weighted by atomic mass is 32.2. The van der Waals surface area contributed by atoms with Gasteiger partial charge >= 0.3 is 0 Å². The van der Waals surface area contributed by atoms with E-state index in [2.05, 4.69) is 19.1 Å². The van der Waals surface area contributed by atoms with Gasteiger partial charge in [-0.2, -0.15) is 0 Å². The Morgan fingerprint density at radius 1 is 1.21 bits per heavy atom. The standard InChI is InChI=1S/C15H18N2OS/c1-9-7-8-11-5-3-4-6-12(11)13(9)19-14(10(2)16)15(17)18/h3-6H,7-8,16H2,1-2H3,(H2,17,18)/b14-10+. The maximum absolute atomic E-state index is 11.5. The molecule has 0 bridgehead atoms. The van der Waals surface area contributed by atoms with E-state index < -0.39 is 5.91 Å². The normalized spacial score (nSPS) is 15.9. The number of fused-ring (bicyclic) bond motifs is 1. The van der Waals surface area contributed by atoms with Crippen molar-refractivity contribution in [2.24, 2.45) is 11.5 Å². The number of hydrogen-bond donors (Lipinski definition) is 2. The highest BCUT2D eigenvalue weighted by molar-refractivity contribution is 8.12. The van der Waals surface area contributed by atoms with Crippen molar-refractivity contribution in [2.75, 3.05) is 0 Å². The summed E-state index contributed by atoms with van der Waals surface area (Å²) in [5, 5.41) is 0. The zero-order chi connectivity index (χ0) is 14.0. The van der Waals surface area contributed by atoms with Crippen LogP contribution in [0.2, 0.25) is 0 Å². The summed E-state index contributed by atoms with van der Waals surface area (Å²) >= 11 is 1.39. The van der Waals surface area contributed by atoms with Crippen LogP contribution in [0.5, 0.6) is 0 Å². The first-order chi connectivity index (χ1) is 9.00. The molecule has 0 saturated carbocycles. The van der Waals surface area contributed by atoms with Crippen molar-refractivity contribution in [1.82, 2.24) is 0 Å². The number of benzene rings is 1. The fourth-order valence-electron chi connectivity index (χ4n) is 2.19. The van der Waals surface area contributed by atoms with Crippen LogP contribution in [-0.2, 0) is 11.2 Å². The van der Waals surface area contributed by atoms with Crippen LogP contribution < -0.4 is 11.5 Å². The van der Waals surface area contributed by atoms with Gasteiger partial charge in [0.1, 0.15) is 0 Å². The summed E-state index contributed by atoms with van der Waals surface area (Å²) in [6, 6.07) is 8.28. The summed E-state index contributed by atoms with van der Waals surface area (Å²) in [7, 11) is 0. The Morgan fingerprint density at radius 2 is 1.89 bits per heavy atom. The number of allylic oxidation sites excluding steroid dienone is 2. The van der Waals surface area contributed by atoms with E-state index >= 15 is 0 Å². The van der Waals surface area contributed by atoms with Gasteiger partial charge in [-0.15, -0.1) is 0 Å². The second kappa shape index (κ2) is 5.53. The van der Waals surface area contributed by atoms with Crippen molar-refractivity contribution in [3.8, 4) is 0 Å². The molecule has 4 N–H and O–H groups in total.